The Labute approximate surface area is 146 Å². The minimum Gasteiger partial charge on any atom is -0.0620 e. The number of rotatable bonds is 5. The minimum absolute atomic E-state index is 0.996. The average Bonchev–Trinajstić information content (AvgIpc) is 2.64. The molecule has 23 heavy (non-hydrogen) atoms. The molecule has 3 rings (SSSR count). The molecule has 3 aliphatic rings. The van der Waals surface area contributed by atoms with Gasteiger partial charge in [-0.25, -0.2) is 0 Å². The molecule has 0 heterocycles. The first-order valence-electron chi connectivity index (χ1n) is 11.3. The van der Waals surface area contributed by atoms with Gasteiger partial charge in [-0.05, 0) is 35.5 Å². The molecule has 0 saturated heterocycles. The smallest absolute Gasteiger partial charge is 0.0329 e. The van der Waals surface area contributed by atoms with Crippen LogP contribution in [0.1, 0.15) is 110 Å². The topological polar surface area (TPSA) is 0 Å². The Morgan fingerprint density at radius 1 is 0.435 bits per heavy atom. The van der Waals surface area contributed by atoms with Crippen LogP contribution in [0.5, 0.6) is 0 Å². The second-order valence-electron chi connectivity index (χ2n) is 9.49. The van der Waals surface area contributed by atoms with Crippen LogP contribution >= 0.6 is 0 Å². The van der Waals surface area contributed by atoms with E-state index in [4.69, 9.17) is 0 Å². The van der Waals surface area contributed by atoms with Crippen LogP contribution in [0.2, 0.25) is 0 Å². The molecule has 0 bridgehead atoms. The van der Waals surface area contributed by atoms with Gasteiger partial charge in [0, 0.05) is 0 Å². The molecule has 0 aromatic rings. The van der Waals surface area contributed by atoms with Gasteiger partial charge in [0.2, 0.25) is 0 Å². The first-order chi connectivity index (χ1) is 11.3. The molecule has 2 atom stereocenters. The fourth-order valence-corrected chi connectivity index (χ4v) is 6.80. The van der Waals surface area contributed by atoms with Crippen molar-refractivity contribution in [2.24, 2.45) is 35.5 Å². The lowest BCUT2D eigenvalue weighted by Gasteiger charge is -2.45. The summed E-state index contributed by atoms with van der Waals surface area (Å²) in [6, 6.07) is 0. The van der Waals surface area contributed by atoms with Crippen LogP contribution < -0.4 is 0 Å². The molecular formula is C23H42. The number of hydrogen-bond acceptors (Lipinski definition) is 0. The van der Waals surface area contributed by atoms with Gasteiger partial charge in [0.05, 0.1) is 0 Å². The molecular weight excluding hydrogens is 276 g/mol. The molecule has 0 aliphatic heterocycles. The Morgan fingerprint density at radius 3 is 1.09 bits per heavy atom. The highest BCUT2D eigenvalue weighted by Gasteiger charge is 2.39. The first kappa shape index (κ1) is 17.8. The van der Waals surface area contributed by atoms with Crippen molar-refractivity contribution in [1.29, 1.82) is 0 Å². The monoisotopic (exact) mass is 318 g/mol. The van der Waals surface area contributed by atoms with E-state index in [1.165, 1.54) is 57.8 Å². The third-order valence-electron chi connectivity index (χ3n) is 8.20. The molecule has 2 unspecified atom stereocenters. The summed E-state index contributed by atoms with van der Waals surface area (Å²) in [5, 5.41) is 0. The highest BCUT2D eigenvalue weighted by molar-refractivity contribution is 4.88. The van der Waals surface area contributed by atoms with Crippen molar-refractivity contribution in [1.82, 2.24) is 0 Å². The van der Waals surface area contributed by atoms with Crippen LogP contribution in [0.15, 0.2) is 0 Å². The average molecular weight is 319 g/mol. The zero-order chi connectivity index (χ0) is 16.1. The predicted octanol–water partition coefficient (Wildman–Crippen LogP) is 7.62. The Morgan fingerprint density at radius 2 is 0.739 bits per heavy atom. The predicted molar refractivity (Wildman–Crippen MR) is 102 cm³/mol. The third kappa shape index (κ3) is 4.55. The van der Waals surface area contributed by atoms with Gasteiger partial charge in [0.1, 0.15) is 0 Å². The molecule has 0 N–H and O–H groups in total. The third-order valence-corrected chi connectivity index (χ3v) is 8.20. The molecule has 0 radical (unpaired) electrons. The van der Waals surface area contributed by atoms with Crippen molar-refractivity contribution in [3.63, 3.8) is 0 Å². The van der Waals surface area contributed by atoms with Crippen LogP contribution in [-0.4, -0.2) is 0 Å². The van der Waals surface area contributed by atoms with E-state index in [9.17, 15) is 0 Å². The van der Waals surface area contributed by atoms with E-state index >= 15 is 0 Å². The van der Waals surface area contributed by atoms with E-state index in [1.54, 1.807) is 38.5 Å². The summed E-state index contributed by atoms with van der Waals surface area (Å²) in [6.07, 6.45) is 22.9. The zero-order valence-electron chi connectivity index (χ0n) is 16.1. The van der Waals surface area contributed by atoms with E-state index in [0.29, 0.717) is 0 Å². The molecule has 0 aromatic heterocycles. The minimum atomic E-state index is 0.996. The van der Waals surface area contributed by atoms with E-state index in [0.717, 1.165) is 35.5 Å². The van der Waals surface area contributed by atoms with Crippen LogP contribution in [0.25, 0.3) is 0 Å². The van der Waals surface area contributed by atoms with Crippen molar-refractivity contribution < 1.29 is 0 Å². The van der Waals surface area contributed by atoms with Crippen molar-refractivity contribution in [3.05, 3.63) is 0 Å². The maximum atomic E-state index is 2.68. The zero-order valence-corrected chi connectivity index (χ0v) is 16.1. The summed E-state index contributed by atoms with van der Waals surface area (Å²) in [5.41, 5.74) is 0. The van der Waals surface area contributed by atoms with Gasteiger partial charge in [0.15, 0.2) is 0 Å². The summed E-state index contributed by atoms with van der Waals surface area (Å²) in [4.78, 5) is 0. The summed E-state index contributed by atoms with van der Waals surface area (Å²) in [5.74, 6) is 6.22. The molecule has 134 valence electrons. The second kappa shape index (κ2) is 8.91. The molecule has 0 amide bonds. The Kier molecular flexibility index (Phi) is 6.90. The summed E-state index contributed by atoms with van der Waals surface area (Å²) < 4.78 is 0. The number of hydrogen-bond donors (Lipinski definition) is 0. The second-order valence-corrected chi connectivity index (χ2v) is 9.49. The van der Waals surface area contributed by atoms with Gasteiger partial charge in [-0.3, -0.25) is 0 Å². The van der Waals surface area contributed by atoms with Gasteiger partial charge in [-0.1, -0.05) is 110 Å². The fourth-order valence-electron chi connectivity index (χ4n) is 6.80. The molecule has 3 fully saturated rings. The van der Waals surface area contributed by atoms with E-state index in [1.807, 2.05) is 0 Å². The maximum Gasteiger partial charge on any atom is -0.0329 e. The van der Waals surface area contributed by atoms with E-state index < -0.39 is 0 Å². The molecule has 3 aliphatic carbocycles. The van der Waals surface area contributed by atoms with Gasteiger partial charge in [-0.2, -0.15) is 0 Å². The standard InChI is InChI=1S/C23H42/c1-18(20-12-6-3-7-13-20)23(22-16-10-5-11-17-22)19(2)21-14-8-4-9-15-21/h18-23H,3-17H2,1-2H3. The molecule has 0 spiro atoms. The van der Waals surface area contributed by atoms with Crippen LogP contribution in [0.3, 0.4) is 0 Å². The van der Waals surface area contributed by atoms with Gasteiger partial charge < -0.3 is 0 Å². The van der Waals surface area contributed by atoms with Crippen molar-refractivity contribution in [2.75, 3.05) is 0 Å². The molecule has 3 saturated carbocycles. The molecule has 0 nitrogen and oxygen atoms in total. The Hall–Kier alpha value is 0. The SMILES string of the molecule is CC(C1CCCCC1)C(C1CCCCC1)C(C)C1CCCCC1. The summed E-state index contributed by atoms with van der Waals surface area (Å²) >= 11 is 0. The van der Waals surface area contributed by atoms with Crippen LogP contribution in [-0.2, 0) is 0 Å². The lowest BCUT2D eigenvalue weighted by atomic mass is 9.60. The Bertz CT molecular complexity index is 291. The largest absolute Gasteiger partial charge is 0.0620 e. The summed E-state index contributed by atoms with van der Waals surface area (Å²) in [6.45, 7) is 5.35. The van der Waals surface area contributed by atoms with Gasteiger partial charge in [-0.15, -0.1) is 0 Å². The van der Waals surface area contributed by atoms with Crippen molar-refractivity contribution >= 4 is 0 Å². The van der Waals surface area contributed by atoms with Crippen molar-refractivity contribution in [3.8, 4) is 0 Å². The highest BCUT2D eigenvalue weighted by Crippen LogP contribution is 2.48. The van der Waals surface area contributed by atoms with Crippen molar-refractivity contribution in [2.45, 2.75) is 110 Å². The highest BCUT2D eigenvalue weighted by atomic mass is 14.4. The van der Waals surface area contributed by atoms with E-state index in [-0.39, 0.29) is 0 Å². The van der Waals surface area contributed by atoms with E-state index in [2.05, 4.69) is 13.8 Å². The summed E-state index contributed by atoms with van der Waals surface area (Å²) in [7, 11) is 0. The van der Waals surface area contributed by atoms with Crippen LogP contribution in [0, 0.1) is 35.5 Å². The lowest BCUT2D eigenvalue weighted by Crippen LogP contribution is -2.37. The maximum absolute atomic E-state index is 2.68. The normalized spacial score (nSPS) is 30.0. The van der Waals surface area contributed by atoms with Crippen LogP contribution in [0.4, 0.5) is 0 Å². The molecule has 0 aromatic carbocycles. The van der Waals surface area contributed by atoms with Gasteiger partial charge in [0.25, 0.3) is 0 Å². The lowest BCUT2D eigenvalue weighted by molar-refractivity contribution is 0.0421. The fraction of sp³-hybridized carbons (Fsp3) is 1.00. The first-order valence-corrected chi connectivity index (χ1v) is 11.3. The molecule has 0 heteroatoms. The quantitative estimate of drug-likeness (QED) is 0.489. The Balaban J connectivity index is 1.71. The van der Waals surface area contributed by atoms with Gasteiger partial charge >= 0.3 is 0 Å².